The Morgan fingerprint density at radius 3 is 2.53 bits per heavy atom. The third-order valence-electron chi connectivity index (χ3n) is 3.55. The van der Waals surface area contributed by atoms with Gasteiger partial charge in [0.2, 0.25) is 0 Å². The van der Waals surface area contributed by atoms with Gasteiger partial charge in [0.05, 0.1) is 6.67 Å². The van der Waals surface area contributed by atoms with E-state index in [1.807, 2.05) is 12.1 Å². The number of nitrogens with one attached hydrogen (secondary N) is 1. The second-order valence-corrected chi connectivity index (χ2v) is 5.66. The minimum atomic E-state index is 0.559. The largest absolute Gasteiger partial charge is 0.399 e. The normalized spacial score (nSPS) is 17.4. The summed E-state index contributed by atoms with van der Waals surface area (Å²) in [6.07, 6.45) is 1.10. The van der Waals surface area contributed by atoms with Crippen LogP contribution >= 0.6 is 0 Å². The van der Waals surface area contributed by atoms with E-state index in [2.05, 4.69) is 41.1 Å². The van der Waals surface area contributed by atoms with Gasteiger partial charge in [-0.2, -0.15) is 0 Å². The molecule has 0 aromatic heterocycles. The van der Waals surface area contributed by atoms with Gasteiger partial charge in [-0.1, -0.05) is 12.1 Å². The Morgan fingerprint density at radius 1 is 1.16 bits per heavy atom. The van der Waals surface area contributed by atoms with Crippen LogP contribution in [0.2, 0.25) is 0 Å². The van der Waals surface area contributed by atoms with Crippen molar-refractivity contribution in [1.29, 1.82) is 0 Å². The molecule has 0 radical (unpaired) electrons. The first-order chi connectivity index (χ1) is 9.13. The summed E-state index contributed by atoms with van der Waals surface area (Å²) >= 11 is 0. The summed E-state index contributed by atoms with van der Waals surface area (Å²) in [6, 6.07) is 8.78. The van der Waals surface area contributed by atoms with Crippen molar-refractivity contribution in [1.82, 2.24) is 15.1 Å². The number of hydrogen-bond donors (Lipinski definition) is 2. The predicted molar refractivity (Wildman–Crippen MR) is 80.8 cm³/mol. The number of benzene rings is 1. The lowest BCUT2D eigenvalue weighted by Gasteiger charge is -2.19. The average molecular weight is 262 g/mol. The van der Waals surface area contributed by atoms with Crippen molar-refractivity contribution in [2.75, 3.05) is 38.7 Å². The molecule has 0 atom stereocenters. The maximum absolute atomic E-state index is 5.70. The van der Waals surface area contributed by atoms with E-state index in [1.165, 1.54) is 18.7 Å². The first kappa shape index (κ1) is 14.3. The molecule has 4 heteroatoms. The maximum Gasteiger partial charge on any atom is 0.0519 e. The zero-order valence-corrected chi connectivity index (χ0v) is 12.1. The molecular weight excluding hydrogens is 236 g/mol. The van der Waals surface area contributed by atoms with Gasteiger partial charge in [0.15, 0.2) is 0 Å². The lowest BCUT2D eigenvalue weighted by atomic mass is 10.1. The minimum absolute atomic E-state index is 0.559. The minimum Gasteiger partial charge on any atom is -0.399 e. The van der Waals surface area contributed by atoms with Crippen LogP contribution < -0.4 is 11.1 Å². The molecule has 1 aliphatic heterocycles. The molecule has 2 rings (SSSR count). The van der Waals surface area contributed by atoms with Gasteiger partial charge in [0, 0.05) is 38.0 Å². The van der Waals surface area contributed by atoms with Gasteiger partial charge in [-0.25, -0.2) is 0 Å². The van der Waals surface area contributed by atoms with Crippen molar-refractivity contribution in [3.05, 3.63) is 29.8 Å². The zero-order valence-electron chi connectivity index (χ0n) is 12.1. The van der Waals surface area contributed by atoms with Crippen LogP contribution in [0.3, 0.4) is 0 Å². The quantitative estimate of drug-likeness (QED) is 0.760. The highest BCUT2D eigenvalue weighted by Gasteiger charge is 2.18. The van der Waals surface area contributed by atoms with Crippen molar-refractivity contribution in [2.45, 2.75) is 26.3 Å². The van der Waals surface area contributed by atoms with E-state index in [-0.39, 0.29) is 0 Å². The Bertz CT molecular complexity index is 374. The monoisotopic (exact) mass is 262 g/mol. The fourth-order valence-electron chi connectivity index (χ4n) is 2.30. The average Bonchev–Trinajstić information content (AvgIpc) is 2.84. The summed E-state index contributed by atoms with van der Waals surface area (Å²) in [5.41, 5.74) is 7.91. The van der Waals surface area contributed by atoms with Crippen molar-refractivity contribution in [3.63, 3.8) is 0 Å². The van der Waals surface area contributed by atoms with Crippen molar-refractivity contribution >= 4 is 5.69 Å². The van der Waals surface area contributed by atoms with E-state index in [9.17, 15) is 0 Å². The smallest absolute Gasteiger partial charge is 0.0519 e. The molecular formula is C15H26N4. The molecule has 0 aliphatic carbocycles. The zero-order chi connectivity index (χ0) is 13.7. The van der Waals surface area contributed by atoms with Crippen molar-refractivity contribution in [2.24, 2.45) is 0 Å². The number of hydrogen-bond acceptors (Lipinski definition) is 4. The highest BCUT2D eigenvalue weighted by Crippen LogP contribution is 2.09. The molecule has 1 aromatic carbocycles. The van der Waals surface area contributed by atoms with Crippen molar-refractivity contribution < 1.29 is 0 Å². The van der Waals surface area contributed by atoms with Gasteiger partial charge in [-0.05, 0) is 38.0 Å². The third-order valence-corrected chi connectivity index (χ3v) is 3.55. The van der Waals surface area contributed by atoms with Crippen LogP contribution in [0.25, 0.3) is 0 Å². The van der Waals surface area contributed by atoms with Gasteiger partial charge < -0.3 is 11.1 Å². The van der Waals surface area contributed by atoms with Crippen LogP contribution in [-0.2, 0) is 6.42 Å². The van der Waals surface area contributed by atoms with Gasteiger partial charge in [-0.15, -0.1) is 0 Å². The topological polar surface area (TPSA) is 44.5 Å². The summed E-state index contributed by atoms with van der Waals surface area (Å²) in [5.74, 6) is 0. The van der Waals surface area contributed by atoms with Crippen molar-refractivity contribution in [3.8, 4) is 0 Å². The van der Waals surface area contributed by atoms with Gasteiger partial charge in [-0.3, -0.25) is 9.80 Å². The second-order valence-electron chi connectivity index (χ2n) is 5.66. The predicted octanol–water partition coefficient (Wildman–Crippen LogP) is 1.34. The second kappa shape index (κ2) is 6.89. The number of rotatable bonds is 6. The third kappa shape index (κ3) is 4.82. The molecule has 4 nitrogen and oxygen atoms in total. The SMILES string of the molecule is CC(C)NCN1CCN(CCc2ccc(N)cc2)C1. The summed E-state index contributed by atoms with van der Waals surface area (Å²) < 4.78 is 0. The molecule has 1 aromatic rings. The number of nitrogen functional groups attached to an aromatic ring is 1. The first-order valence-electron chi connectivity index (χ1n) is 7.16. The summed E-state index contributed by atoms with van der Waals surface area (Å²) in [4.78, 5) is 4.97. The molecule has 0 unspecified atom stereocenters. The van der Waals surface area contributed by atoms with Crippen LogP contribution in [0.1, 0.15) is 19.4 Å². The fourth-order valence-corrected chi connectivity index (χ4v) is 2.30. The Labute approximate surface area is 116 Å². The van der Waals surface area contributed by atoms with Crippen LogP contribution in [0.5, 0.6) is 0 Å². The maximum atomic E-state index is 5.70. The molecule has 0 spiro atoms. The van der Waals surface area contributed by atoms with Crippen LogP contribution in [0.15, 0.2) is 24.3 Å². The standard InChI is InChI=1S/C15H26N4/c1-13(2)17-11-19-10-9-18(12-19)8-7-14-3-5-15(16)6-4-14/h3-6,13,17H,7-12,16H2,1-2H3. The van der Waals surface area contributed by atoms with E-state index in [0.29, 0.717) is 6.04 Å². The molecule has 1 fully saturated rings. The molecule has 106 valence electrons. The highest BCUT2D eigenvalue weighted by molar-refractivity contribution is 5.39. The van der Waals surface area contributed by atoms with Crippen LogP contribution in [0.4, 0.5) is 5.69 Å². The molecule has 0 amide bonds. The van der Waals surface area contributed by atoms with Crippen LogP contribution in [0, 0.1) is 0 Å². The molecule has 1 heterocycles. The number of nitrogens with zero attached hydrogens (tertiary/aromatic N) is 2. The van der Waals surface area contributed by atoms with Gasteiger partial charge in [0.1, 0.15) is 0 Å². The Morgan fingerprint density at radius 2 is 1.84 bits per heavy atom. The van der Waals surface area contributed by atoms with E-state index in [0.717, 1.165) is 32.0 Å². The molecule has 0 saturated carbocycles. The lowest BCUT2D eigenvalue weighted by molar-refractivity contribution is 0.229. The molecule has 0 bridgehead atoms. The van der Waals surface area contributed by atoms with E-state index >= 15 is 0 Å². The van der Waals surface area contributed by atoms with Crippen LogP contribution in [-0.4, -0.2) is 48.8 Å². The Kier molecular flexibility index (Phi) is 5.19. The Hall–Kier alpha value is -1.10. The van der Waals surface area contributed by atoms with E-state index in [1.54, 1.807) is 0 Å². The lowest BCUT2D eigenvalue weighted by Crippen LogP contribution is -2.37. The summed E-state index contributed by atoms with van der Waals surface area (Å²) in [7, 11) is 0. The summed E-state index contributed by atoms with van der Waals surface area (Å²) in [5, 5.41) is 3.47. The number of nitrogens with two attached hydrogens (primary N) is 1. The van der Waals surface area contributed by atoms with E-state index in [4.69, 9.17) is 5.73 Å². The van der Waals surface area contributed by atoms with E-state index < -0.39 is 0 Å². The molecule has 3 N–H and O–H groups in total. The fraction of sp³-hybridized carbons (Fsp3) is 0.600. The van der Waals surface area contributed by atoms with Gasteiger partial charge in [0.25, 0.3) is 0 Å². The molecule has 1 aliphatic rings. The number of anilines is 1. The highest BCUT2D eigenvalue weighted by atomic mass is 15.4. The molecule has 1 saturated heterocycles. The molecule has 19 heavy (non-hydrogen) atoms. The Balaban J connectivity index is 1.69. The summed E-state index contributed by atoms with van der Waals surface area (Å²) in [6.45, 7) is 9.92. The van der Waals surface area contributed by atoms with Gasteiger partial charge >= 0.3 is 0 Å². The first-order valence-corrected chi connectivity index (χ1v) is 7.16.